The average Bonchev–Trinajstić information content (AvgIpc) is 2.52. The van der Waals surface area contributed by atoms with E-state index in [-0.39, 0.29) is 12.5 Å². The van der Waals surface area contributed by atoms with Crippen LogP contribution in [-0.2, 0) is 4.79 Å². The van der Waals surface area contributed by atoms with Crippen molar-refractivity contribution in [2.24, 2.45) is 5.10 Å². The molecule has 2 rings (SSSR count). The first kappa shape index (κ1) is 16.8. The van der Waals surface area contributed by atoms with Crippen LogP contribution < -0.4 is 15.6 Å². The van der Waals surface area contributed by atoms with Gasteiger partial charge in [0.05, 0.1) is 6.21 Å². The molecule has 0 aromatic heterocycles. The van der Waals surface area contributed by atoms with Crippen LogP contribution in [0.5, 0.6) is 0 Å². The molecule has 0 fully saturated rings. The Morgan fingerprint density at radius 2 is 1.96 bits per heavy atom. The van der Waals surface area contributed by atoms with Gasteiger partial charge in [-0.05, 0) is 35.9 Å². The van der Waals surface area contributed by atoms with Crippen molar-refractivity contribution < 1.29 is 4.79 Å². The first-order valence-corrected chi connectivity index (χ1v) is 7.51. The summed E-state index contributed by atoms with van der Waals surface area (Å²) in [6.07, 6.45) is 1.67. The first-order chi connectivity index (χ1) is 11.0. The van der Waals surface area contributed by atoms with Crippen molar-refractivity contribution in [1.29, 1.82) is 0 Å². The fourth-order valence-corrected chi connectivity index (χ4v) is 2.06. The Labute approximate surface area is 141 Å². The molecule has 0 aliphatic rings. The van der Waals surface area contributed by atoms with Gasteiger partial charge in [0.1, 0.15) is 6.54 Å². The van der Waals surface area contributed by atoms with Gasteiger partial charge in [0.25, 0.3) is 0 Å². The number of hydrazone groups is 1. The van der Waals surface area contributed by atoms with E-state index in [1.54, 1.807) is 30.5 Å². The van der Waals surface area contributed by atoms with E-state index in [4.69, 9.17) is 11.6 Å². The van der Waals surface area contributed by atoms with Crippen molar-refractivity contribution in [3.05, 3.63) is 59.1 Å². The molecular weight excluding hydrogens is 312 g/mol. The second-order valence-electron chi connectivity index (χ2n) is 5.14. The SMILES string of the molecule is CN(C)c1ccc(/C=N/NCC(=O)Nc2cccc(Cl)c2)cc1. The van der Waals surface area contributed by atoms with E-state index in [1.165, 1.54) is 0 Å². The summed E-state index contributed by atoms with van der Waals surface area (Å²) in [5.74, 6) is -0.188. The van der Waals surface area contributed by atoms with Crippen LogP contribution in [-0.4, -0.2) is 32.8 Å². The molecule has 0 spiro atoms. The number of amides is 1. The molecule has 6 heteroatoms. The number of rotatable bonds is 6. The largest absolute Gasteiger partial charge is 0.378 e. The quantitative estimate of drug-likeness (QED) is 0.632. The zero-order chi connectivity index (χ0) is 16.7. The van der Waals surface area contributed by atoms with Crippen LogP contribution >= 0.6 is 11.6 Å². The lowest BCUT2D eigenvalue weighted by Gasteiger charge is -2.11. The van der Waals surface area contributed by atoms with Crippen molar-refractivity contribution in [3.63, 3.8) is 0 Å². The van der Waals surface area contributed by atoms with Crippen molar-refractivity contribution >= 4 is 35.1 Å². The lowest BCUT2D eigenvalue weighted by atomic mass is 10.2. The van der Waals surface area contributed by atoms with E-state index in [0.717, 1.165) is 11.3 Å². The highest BCUT2D eigenvalue weighted by Crippen LogP contribution is 2.14. The third-order valence-corrected chi connectivity index (χ3v) is 3.30. The van der Waals surface area contributed by atoms with Crippen LogP contribution in [0.3, 0.4) is 0 Å². The van der Waals surface area contributed by atoms with Crippen LogP contribution in [0.15, 0.2) is 53.6 Å². The topological polar surface area (TPSA) is 56.7 Å². The number of carbonyl (C=O) groups is 1. The van der Waals surface area contributed by atoms with E-state index >= 15 is 0 Å². The third kappa shape index (κ3) is 5.64. The smallest absolute Gasteiger partial charge is 0.245 e. The Morgan fingerprint density at radius 3 is 2.61 bits per heavy atom. The fourth-order valence-electron chi connectivity index (χ4n) is 1.87. The van der Waals surface area contributed by atoms with Crippen LogP contribution in [0.2, 0.25) is 5.02 Å². The van der Waals surface area contributed by atoms with Gasteiger partial charge in [-0.25, -0.2) is 0 Å². The van der Waals surface area contributed by atoms with Gasteiger partial charge >= 0.3 is 0 Å². The summed E-state index contributed by atoms with van der Waals surface area (Å²) in [4.78, 5) is 13.8. The number of benzene rings is 2. The predicted molar refractivity (Wildman–Crippen MR) is 96.4 cm³/mol. The number of carbonyl (C=O) groups excluding carboxylic acids is 1. The van der Waals surface area contributed by atoms with Gasteiger partial charge < -0.3 is 15.6 Å². The van der Waals surface area contributed by atoms with Gasteiger partial charge in [0.15, 0.2) is 0 Å². The normalized spacial score (nSPS) is 10.6. The second kappa shape index (κ2) is 8.19. The summed E-state index contributed by atoms with van der Waals surface area (Å²) >= 11 is 5.86. The highest BCUT2D eigenvalue weighted by Gasteiger charge is 2.01. The van der Waals surface area contributed by atoms with Gasteiger partial charge in [-0.1, -0.05) is 29.8 Å². The predicted octanol–water partition coefficient (Wildman–Crippen LogP) is 2.97. The molecule has 0 heterocycles. The highest BCUT2D eigenvalue weighted by atomic mass is 35.5. The molecule has 2 N–H and O–H groups in total. The van der Waals surface area contributed by atoms with E-state index in [0.29, 0.717) is 10.7 Å². The molecule has 2 aromatic rings. The number of hydrogen-bond acceptors (Lipinski definition) is 4. The Kier molecular flexibility index (Phi) is 6.00. The number of nitrogens with zero attached hydrogens (tertiary/aromatic N) is 2. The molecule has 23 heavy (non-hydrogen) atoms. The minimum Gasteiger partial charge on any atom is -0.378 e. The summed E-state index contributed by atoms with van der Waals surface area (Å²) in [7, 11) is 3.98. The third-order valence-electron chi connectivity index (χ3n) is 3.06. The Balaban J connectivity index is 1.78. The van der Waals surface area contributed by atoms with Gasteiger partial charge in [-0.2, -0.15) is 5.10 Å². The molecule has 0 atom stereocenters. The molecule has 0 saturated carbocycles. The molecule has 1 amide bonds. The molecule has 0 aliphatic heterocycles. The Morgan fingerprint density at radius 1 is 1.22 bits per heavy atom. The van der Waals surface area contributed by atoms with E-state index in [1.807, 2.05) is 43.3 Å². The molecule has 2 aromatic carbocycles. The summed E-state index contributed by atoms with van der Waals surface area (Å²) in [5.41, 5.74) is 5.46. The van der Waals surface area contributed by atoms with Crippen LogP contribution in [0.25, 0.3) is 0 Å². The number of anilines is 2. The van der Waals surface area contributed by atoms with Gasteiger partial charge in [0, 0.05) is 30.5 Å². The lowest BCUT2D eigenvalue weighted by Crippen LogP contribution is -2.24. The van der Waals surface area contributed by atoms with Gasteiger partial charge in [-0.15, -0.1) is 0 Å². The zero-order valence-corrected chi connectivity index (χ0v) is 13.8. The zero-order valence-electron chi connectivity index (χ0n) is 13.1. The van der Waals surface area contributed by atoms with E-state index in [9.17, 15) is 4.79 Å². The molecule has 120 valence electrons. The number of hydrogen-bond donors (Lipinski definition) is 2. The Bertz CT molecular complexity index is 683. The summed E-state index contributed by atoms with van der Waals surface area (Å²) < 4.78 is 0. The standard InChI is InChI=1S/C17H19ClN4O/c1-22(2)16-8-6-13(7-9-16)11-19-20-12-17(23)21-15-5-3-4-14(18)10-15/h3-11,20H,12H2,1-2H3,(H,21,23)/b19-11+. The molecule has 0 radical (unpaired) electrons. The number of nitrogens with one attached hydrogen (secondary N) is 2. The van der Waals surface area contributed by atoms with Crippen molar-refractivity contribution in [1.82, 2.24) is 5.43 Å². The van der Waals surface area contributed by atoms with E-state index in [2.05, 4.69) is 15.8 Å². The maximum Gasteiger partial charge on any atom is 0.245 e. The summed E-state index contributed by atoms with van der Waals surface area (Å²) in [5, 5.41) is 7.35. The summed E-state index contributed by atoms with van der Waals surface area (Å²) in [6, 6.07) is 14.9. The molecule has 0 aliphatic carbocycles. The van der Waals surface area contributed by atoms with Crippen LogP contribution in [0.1, 0.15) is 5.56 Å². The fraction of sp³-hybridized carbons (Fsp3) is 0.176. The minimum absolute atomic E-state index is 0.0821. The van der Waals surface area contributed by atoms with Gasteiger partial charge in [0.2, 0.25) is 5.91 Å². The van der Waals surface area contributed by atoms with Crippen LogP contribution in [0, 0.1) is 0 Å². The number of halogens is 1. The monoisotopic (exact) mass is 330 g/mol. The molecule has 0 saturated heterocycles. The summed E-state index contributed by atoms with van der Waals surface area (Å²) in [6.45, 7) is 0.0821. The molecule has 5 nitrogen and oxygen atoms in total. The van der Waals surface area contributed by atoms with Gasteiger partial charge in [-0.3, -0.25) is 4.79 Å². The van der Waals surface area contributed by atoms with E-state index < -0.39 is 0 Å². The molecule has 0 unspecified atom stereocenters. The van der Waals surface area contributed by atoms with Crippen molar-refractivity contribution in [2.45, 2.75) is 0 Å². The molecule has 0 bridgehead atoms. The molecular formula is C17H19ClN4O. The van der Waals surface area contributed by atoms with Crippen LogP contribution in [0.4, 0.5) is 11.4 Å². The maximum absolute atomic E-state index is 11.8. The lowest BCUT2D eigenvalue weighted by molar-refractivity contribution is -0.115. The second-order valence-corrected chi connectivity index (χ2v) is 5.57. The maximum atomic E-state index is 11.8. The first-order valence-electron chi connectivity index (χ1n) is 7.13. The average molecular weight is 331 g/mol. The van der Waals surface area contributed by atoms with Crippen molar-refractivity contribution in [3.8, 4) is 0 Å². The minimum atomic E-state index is -0.188. The van der Waals surface area contributed by atoms with Crippen molar-refractivity contribution in [2.75, 3.05) is 30.9 Å². The highest BCUT2D eigenvalue weighted by molar-refractivity contribution is 6.30. The Hall–Kier alpha value is -2.53.